The zero-order chi connectivity index (χ0) is 11.8. The van der Waals surface area contributed by atoms with Crippen molar-refractivity contribution in [3.05, 3.63) is 0 Å². The van der Waals surface area contributed by atoms with E-state index in [2.05, 4.69) is 4.90 Å². The number of aliphatic hydroxyl groups excluding tert-OH is 2. The van der Waals surface area contributed by atoms with E-state index >= 15 is 0 Å². The van der Waals surface area contributed by atoms with E-state index in [1.165, 1.54) is 6.42 Å². The first kappa shape index (κ1) is 11.9. The van der Waals surface area contributed by atoms with Crippen LogP contribution < -0.4 is 0 Å². The maximum atomic E-state index is 9.93. The number of fused-ring (bicyclic) bond motifs is 1. The van der Waals surface area contributed by atoms with Gasteiger partial charge in [0.2, 0.25) is 0 Å². The standard InChI is InChI=1S/C13H23NO3/c15-12-3-4-17-8-10(12)6-14-5-9-1-2-13(16)11(9)7-14/h9-13,15-16H,1-8H2. The fraction of sp³-hybridized carbons (Fsp3) is 1.00. The van der Waals surface area contributed by atoms with E-state index in [-0.39, 0.29) is 18.1 Å². The van der Waals surface area contributed by atoms with Crippen LogP contribution in [0.4, 0.5) is 0 Å². The van der Waals surface area contributed by atoms with Gasteiger partial charge >= 0.3 is 0 Å². The average molecular weight is 241 g/mol. The van der Waals surface area contributed by atoms with Crippen LogP contribution in [0.1, 0.15) is 19.3 Å². The van der Waals surface area contributed by atoms with Crippen molar-refractivity contribution >= 4 is 0 Å². The molecule has 4 nitrogen and oxygen atoms in total. The van der Waals surface area contributed by atoms with E-state index in [0.717, 1.165) is 32.5 Å². The SMILES string of the molecule is OC1CCOCC1CN1CC2CCC(O)C2C1. The van der Waals surface area contributed by atoms with Crippen LogP contribution in [0.3, 0.4) is 0 Å². The summed E-state index contributed by atoms with van der Waals surface area (Å²) in [4.78, 5) is 2.42. The summed E-state index contributed by atoms with van der Waals surface area (Å²) in [5.74, 6) is 1.43. The van der Waals surface area contributed by atoms with E-state index in [0.29, 0.717) is 25.0 Å². The van der Waals surface area contributed by atoms with Crippen LogP contribution in [0, 0.1) is 17.8 Å². The monoisotopic (exact) mass is 241 g/mol. The maximum absolute atomic E-state index is 9.93. The lowest BCUT2D eigenvalue weighted by Crippen LogP contribution is -2.40. The topological polar surface area (TPSA) is 52.9 Å². The molecule has 2 aliphatic heterocycles. The predicted molar refractivity (Wildman–Crippen MR) is 63.6 cm³/mol. The Hall–Kier alpha value is -0.160. The summed E-state index contributed by atoms with van der Waals surface area (Å²) >= 11 is 0. The minimum absolute atomic E-state index is 0.0856. The van der Waals surface area contributed by atoms with E-state index in [1.807, 2.05) is 0 Å². The predicted octanol–water partition coefficient (Wildman–Crippen LogP) is 0.0865. The third-order valence-corrected chi connectivity index (χ3v) is 4.82. The number of nitrogens with zero attached hydrogens (tertiary/aromatic N) is 1. The van der Waals surface area contributed by atoms with Crippen LogP contribution in [-0.2, 0) is 4.74 Å². The summed E-state index contributed by atoms with van der Waals surface area (Å²) in [5.41, 5.74) is 0. The molecular formula is C13H23NO3. The first-order valence-corrected chi connectivity index (χ1v) is 6.90. The van der Waals surface area contributed by atoms with Crippen LogP contribution in [-0.4, -0.2) is 60.2 Å². The highest BCUT2D eigenvalue weighted by Crippen LogP contribution is 2.38. The van der Waals surface area contributed by atoms with Gasteiger partial charge < -0.3 is 19.8 Å². The van der Waals surface area contributed by atoms with E-state index in [4.69, 9.17) is 4.74 Å². The fourth-order valence-electron chi connectivity index (χ4n) is 3.77. The number of ether oxygens (including phenoxy) is 1. The van der Waals surface area contributed by atoms with Crippen molar-refractivity contribution in [2.45, 2.75) is 31.5 Å². The van der Waals surface area contributed by atoms with Gasteiger partial charge in [-0.1, -0.05) is 0 Å². The molecule has 5 unspecified atom stereocenters. The van der Waals surface area contributed by atoms with Gasteiger partial charge in [-0.15, -0.1) is 0 Å². The normalized spacial score (nSPS) is 47.3. The van der Waals surface area contributed by atoms with Gasteiger partial charge in [0, 0.05) is 38.1 Å². The van der Waals surface area contributed by atoms with Crippen molar-refractivity contribution in [1.82, 2.24) is 4.90 Å². The van der Waals surface area contributed by atoms with Crippen LogP contribution in [0.5, 0.6) is 0 Å². The summed E-state index contributed by atoms with van der Waals surface area (Å²) in [6, 6.07) is 0. The maximum Gasteiger partial charge on any atom is 0.0624 e. The van der Waals surface area contributed by atoms with E-state index in [9.17, 15) is 10.2 Å². The molecule has 98 valence electrons. The number of hydrogen-bond acceptors (Lipinski definition) is 4. The number of hydrogen-bond donors (Lipinski definition) is 2. The zero-order valence-corrected chi connectivity index (χ0v) is 10.3. The van der Waals surface area contributed by atoms with Gasteiger partial charge in [-0.3, -0.25) is 0 Å². The summed E-state index contributed by atoms with van der Waals surface area (Å²) in [7, 11) is 0. The first-order chi connectivity index (χ1) is 8.24. The molecule has 0 aromatic carbocycles. The molecule has 5 atom stereocenters. The Labute approximate surface area is 103 Å². The second kappa shape index (κ2) is 4.84. The fourth-order valence-corrected chi connectivity index (χ4v) is 3.77. The van der Waals surface area contributed by atoms with Gasteiger partial charge in [0.25, 0.3) is 0 Å². The molecule has 0 amide bonds. The molecule has 2 N–H and O–H groups in total. The number of likely N-dealkylation sites (tertiary alicyclic amines) is 1. The van der Waals surface area contributed by atoms with Crippen LogP contribution in [0.25, 0.3) is 0 Å². The van der Waals surface area contributed by atoms with Crippen molar-refractivity contribution < 1.29 is 14.9 Å². The minimum atomic E-state index is -0.200. The third kappa shape index (κ3) is 2.36. The molecule has 1 saturated carbocycles. The first-order valence-electron chi connectivity index (χ1n) is 6.90. The Bertz CT molecular complexity index is 273. The molecular weight excluding hydrogens is 218 g/mol. The van der Waals surface area contributed by atoms with Crippen LogP contribution in [0.15, 0.2) is 0 Å². The highest BCUT2D eigenvalue weighted by Gasteiger charge is 2.42. The summed E-state index contributed by atoms with van der Waals surface area (Å²) in [6.07, 6.45) is 2.64. The largest absolute Gasteiger partial charge is 0.393 e. The molecule has 17 heavy (non-hydrogen) atoms. The summed E-state index contributed by atoms with van der Waals surface area (Å²) < 4.78 is 5.44. The quantitative estimate of drug-likeness (QED) is 0.719. The Morgan fingerprint density at radius 3 is 2.71 bits per heavy atom. The molecule has 0 aromatic heterocycles. The molecule has 2 heterocycles. The molecule has 0 radical (unpaired) electrons. The smallest absolute Gasteiger partial charge is 0.0624 e. The van der Waals surface area contributed by atoms with Gasteiger partial charge in [0.1, 0.15) is 0 Å². The second-order valence-corrected chi connectivity index (χ2v) is 5.98. The molecule has 0 bridgehead atoms. The molecule has 1 aliphatic carbocycles. The average Bonchev–Trinajstić information content (AvgIpc) is 2.85. The van der Waals surface area contributed by atoms with Crippen molar-refractivity contribution in [3.8, 4) is 0 Å². The van der Waals surface area contributed by atoms with Crippen molar-refractivity contribution in [2.75, 3.05) is 32.8 Å². The molecule has 0 spiro atoms. The molecule has 3 fully saturated rings. The number of rotatable bonds is 2. The Morgan fingerprint density at radius 2 is 1.94 bits per heavy atom. The molecule has 4 heteroatoms. The Kier molecular flexibility index (Phi) is 3.39. The Balaban J connectivity index is 1.53. The van der Waals surface area contributed by atoms with Gasteiger partial charge in [-0.2, -0.15) is 0 Å². The van der Waals surface area contributed by atoms with Gasteiger partial charge in [0.05, 0.1) is 18.8 Å². The van der Waals surface area contributed by atoms with E-state index in [1.54, 1.807) is 0 Å². The van der Waals surface area contributed by atoms with Crippen molar-refractivity contribution in [2.24, 2.45) is 17.8 Å². The van der Waals surface area contributed by atoms with Crippen molar-refractivity contribution in [3.63, 3.8) is 0 Å². The summed E-state index contributed by atoms with van der Waals surface area (Å²) in [5, 5.41) is 19.8. The lowest BCUT2D eigenvalue weighted by Gasteiger charge is -2.31. The zero-order valence-electron chi connectivity index (χ0n) is 10.3. The van der Waals surface area contributed by atoms with Crippen LogP contribution >= 0.6 is 0 Å². The van der Waals surface area contributed by atoms with Crippen LogP contribution in [0.2, 0.25) is 0 Å². The van der Waals surface area contributed by atoms with Crippen molar-refractivity contribution in [1.29, 1.82) is 0 Å². The van der Waals surface area contributed by atoms with Gasteiger partial charge in [0.15, 0.2) is 0 Å². The highest BCUT2D eigenvalue weighted by atomic mass is 16.5. The van der Waals surface area contributed by atoms with E-state index < -0.39 is 0 Å². The summed E-state index contributed by atoms with van der Waals surface area (Å²) in [6.45, 7) is 4.43. The highest BCUT2D eigenvalue weighted by molar-refractivity contribution is 4.94. The molecule has 2 saturated heterocycles. The lowest BCUT2D eigenvalue weighted by atomic mass is 9.98. The third-order valence-electron chi connectivity index (χ3n) is 4.82. The molecule has 3 rings (SSSR count). The Morgan fingerprint density at radius 1 is 1.06 bits per heavy atom. The molecule has 3 aliphatic rings. The minimum Gasteiger partial charge on any atom is -0.393 e. The number of aliphatic hydroxyl groups is 2. The molecule has 0 aromatic rings. The van der Waals surface area contributed by atoms with Gasteiger partial charge in [-0.25, -0.2) is 0 Å². The lowest BCUT2D eigenvalue weighted by molar-refractivity contribution is -0.0456. The second-order valence-electron chi connectivity index (χ2n) is 5.98. The van der Waals surface area contributed by atoms with Gasteiger partial charge in [-0.05, 0) is 25.2 Å².